The van der Waals surface area contributed by atoms with Crippen LogP contribution in [0.1, 0.15) is 18.4 Å². The van der Waals surface area contributed by atoms with Crippen LogP contribution in [0.3, 0.4) is 0 Å². The molecule has 1 aliphatic rings. The van der Waals surface area contributed by atoms with Crippen molar-refractivity contribution in [2.75, 3.05) is 0 Å². The van der Waals surface area contributed by atoms with Crippen LogP contribution in [0.15, 0.2) is 29.8 Å². The third-order valence-corrected chi connectivity index (χ3v) is 2.41. The number of ketones is 1. The number of allylic oxidation sites excluding steroid dienone is 2. The largest absolute Gasteiger partial charge is 0.295 e. The normalized spacial score (nSPS) is 15.6. The Balaban J connectivity index is 2.17. The predicted molar refractivity (Wildman–Crippen MR) is 52.4 cm³/mol. The molecule has 0 radical (unpaired) electrons. The SMILES string of the molecule is O=C1C=C(Cc2cc(F)cc(F)c2)CC1. The highest BCUT2D eigenvalue weighted by atomic mass is 19.1. The topological polar surface area (TPSA) is 17.1 Å². The van der Waals surface area contributed by atoms with Crippen molar-refractivity contribution in [3.63, 3.8) is 0 Å². The molecule has 0 unspecified atom stereocenters. The molecule has 2 rings (SSSR count). The van der Waals surface area contributed by atoms with Crippen molar-refractivity contribution in [3.8, 4) is 0 Å². The van der Waals surface area contributed by atoms with Crippen LogP contribution in [0.5, 0.6) is 0 Å². The van der Waals surface area contributed by atoms with Crippen molar-refractivity contribution in [1.82, 2.24) is 0 Å². The molecule has 0 saturated heterocycles. The number of carbonyl (C=O) groups is 1. The van der Waals surface area contributed by atoms with E-state index in [2.05, 4.69) is 0 Å². The molecule has 0 heterocycles. The molecule has 0 spiro atoms. The molecule has 1 aliphatic carbocycles. The Hall–Kier alpha value is -1.51. The summed E-state index contributed by atoms with van der Waals surface area (Å²) in [6, 6.07) is 3.44. The third-order valence-electron chi connectivity index (χ3n) is 2.41. The molecule has 1 aromatic rings. The Morgan fingerprint density at radius 3 is 2.27 bits per heavy atom. The molecular weight excluding hydrogens is 198 g/mol. The maximum Gasteiger partial charge on any atom is 0.155 e. The number of rotatable bonds is 2. The van der Waals surface area contributed by atoms with Gasteiger partial charge in [-0.3, -0.25) is 4.79 Å². The van der Waals surface area contributed by atoms with Gasteiger partial charge in [0.15, 0.2) is 5.78 Å². The van der Waals surface area contributed by atoms with Crippen LogP contribution < -0.4 is 0 Å². The Morgan fingerprint density at radius 1 is 1.07 bits per heavy atom. The summed E-state index contributed by atoms with van der Waals surface area (Å²) < 4.78 is 25.7. The first-order valence-corrected chi connectivity index (χ1v) is 4.81. The van der Waals surface area contributed by atoms with Crippen LogP contribution in [0, 0.1) is 11.6 Å². The summed E-state index contributed by atoms with van der Waals surface area (Å²) in [5, 5.41) is 0. The summed E-state index contributed by atoms with van der Waals surface area (Å²) in [6.07, 6.45) is 3.26. The Labute approximate surface area is 86.4 Å². The van der Waals surface area contributed by atoms with Crippen LogP contribution in [-0.4, -0.2) is 5.78 Å². The van der Waals surface area contributed by atoms with Crippen LogP contribution in [0.25, 0.3) is 0 Å². The lowest BCUT2D eigenvalue weighted by Gasteiger charge is -2.02. The summed E-state index contributed by atoms with van der Waals surface area (Å²) in [5.74, 6) is -1.05. The highest BCUT2D eigenvalue weighted by Gasteiger charge is 2.12. The van der Waals surface area contributed by atoms with Gasteiger partial charge in [-0.15, -0.1) is 0 Å². The molecule has 0 aliphatic heterocycles. The van der Waals surface area contributed by atoms with Gasteiger partial charge in [0, 0.05) is 12.5 Å². The third kappa shape index (κ3) is 2.49. The Kier molecular flexibility index (Phi) is 2.62. The van der Waals surface area contributed by atoms with Gasteiger partial charge in [-0.1, -0.05) is 5.57 Å². The smallest absolute Gasteiger partial charge is 0.155 e. The van der Waals surface area contributed by atoms with E-state index in [1.807, 2.05) is 0 Å². The van der Waals surface area contributed by atoms with Gasteiger partial charge in [0.05, 0.1) is 0 Å². The van der Waals surface area contributed by atoms with Crippen LogP contribution >= 0.6 is 0 Å². The minimum Gasteiger partial charge on any atom is -0.295 e. The second kappa shape index (κ2) is 3.93. The molecule has 0 N–H and O–H groups in total. The number of halogens is 2. The maximum absolute atomic E-state index is 12.9. The van der Waals surface area contributed by atoms with Gasteiger partial charge in [-0.2, -0.15) is 0 Å². The summed E-state index contributed by atoms with van der Waals surface area (Å²) in [5.41, 5.74) is 1.53. The zero-order valence-electron chi connectivity index (χ0n) is 8.09. The van der Waals surface area contributed by atoms with E-state index in [9.17, 15) is 13.6 Å². The molecule has 1 nitrogen and oxygen atoms in total. The summed E-state index contributed by atoms with van der Waals surface area (Å²) in [7, 11) is 0. The van der Waals surface area contributed by atoms with Crippen LogP contribution in [0.4, 0.5) is 8.78 Å². The van der Waals surface area contributed by atoms with Crippen LogP contribution in [-0.2, 0) is 11.2 Å². The Morgan fingerprint density at radius 2 is 1.73 bits per heavy atom. The number of hydrogen-bond acceptors (Lipinski definition) is 1. The first-order chi connectivity index (χ1) is 7.13. The van der Waals surface area contributed by atoms with Crippen molar-refractivity contribution in [2.24, 2.45) is 0 Å². The summed E-state index contributed by atoms with van der Waals surface area (Å²) in [4.78, 5) is 11.0. The van der Waals surface area contributed by atoms with Gasteiger partial charge >= 0.3 is 0 Å². The molecule has 0 aromatic heterocycles. The fourth-order valence-electron chi connectivity index (χ4n) is 1.77. The zero-order valence-corrected chi connectivity index (χ0v) is 8.09. The van der Waals surface area contributed by atoms with Crippen LogP contribution in [0.2, 0.25) is 0 Å². The highest BCUT2D eigenvalue weighted by Crippen LogP contribution is 2.20. The van der Waals surface area contributed by atoms with Gasteiger partial charge < -0.3 is 0 Å². The monoisotopic (exact) mass is 208 g/mol. The van der Waals surface area contributed by atoms with Crippen molar-refractivity contribution < 1.29 is 13.6 Å². The Bertz CT molecular complexity index is 415. The zero-order chi connectivity index (χ0) is 10.8. The average molecular weight is 208 g/mol. The lowest BCUT2D eigenvalue weighted by molar-refractivity contribution is -0.114. The molecule has 0 saturated carbocycles. The van der Waals surface area contributed by atoms with E-state index in [4.69, 9.17) is 0 Å². The highest BCUT2D eigenvalue weighted by molar-refractivity contribution is 5.93. The number of benzene rings is 1. The molecule has 0 amide bonds. The molecule has 1 aromatic carbocycles. The standard InChI is InChI=1S/C12H10F2O/c13-10-4-9(5-11(14)7-10)3-8-1-2-12(15)6-8/h4-7H,1-3H2. The predicted octanol–water partition coefficient (Wildman–Crippen LogP) is 2.80. The van der Waals surface area contributed by atoms with Gasteiger partial charge in [0.25, 0.3) is 0 Å². The fraction of sp³-hybridized carbons (Fsp3) is 0.250. The van der Waals surface area contributed by atoms with E-state index in [1.54, 1.807) is 6.08 Å². The molecule has 3 heteroatoms. The molecule has 0 fully saturated rings. The van der Waals surface area contributed by atoms with E-state index in [0.29, 0.717) is 24.8 Å². The van der Waals surface area contributed by atoms with E-state index >= 15 is 0 Å². The second-order valence-electron chi connectivity index (χ2n) is 3.72. The van der Waals surface area contributed by atoms with E-state index in [-0.39, 0.29) is 5.78 Å². The second-order valence-corrected chi connectivity index (χ2v) is 3.72. The summed E-state index contributed by atoms with van der Waals surface area (Å²) >= 11 is 0. The molecule has 0 bridgehead atoms. The number of hydrogen-bond donors (Lipinski definition) is 0. The first-order valence-electron chi connectivity index (χ1n) is 4.81. The van der Waals surface area contributed by atoms with Crippen molar-refractivity contribution >= 4 is 5.78 Å². The molecule has 78 valence electrons. The quantitative estimate of drug-likeness (QED) is 0.730. The fourth-order valence-corrected chi connectivity index (χ4v) is 1.77. The van der Waals surface area contributed by atoms with Gasteiger partial charge in [0.1, 0.15) is 11.6 Å². The van der Waals surface area contributed by atoms with Gasteiger partial charge in [0.2, 0.25) is 0 Å². The minimum absolute atomic E-state index is 0.0990. The first kappa shape index (κ1) is 10.0. The average Bonchev–Trinajstić information content (AvgIpc) is 2.49. The van der Waals surface area contributed by atoms with Crippen molar-refractivity contribution in [3.05, 3.63) is 47.0 Å². The minimum atomic E-state index is -0.574. The molecule has 15 heavy (non-hydrogen) atoms. The van der Waals surface area contributed by atoms with Gasteiger partial charge in [-0.25, -0.2) is 8.78 Å². The maximum atomic E-state index is 12.9. The summed E-state index contributed by atoms with van der Waals surface area (Å²) in [6.45, 7) is 0. The van der Waals surface area contributed by atoms with Crippen molar-refractivity contribution in [2.45, 2.75) is 19.3 Å². The number of carbonyl (C=O) groups excluding carboxylic acids is 1. The van der Waals surface area contributed by atoms with Gasteiger partial charge in [-0.05, 0) is 36.6 Å². The van der Waals surface area contributed by atoms with Crippen molar-refractivity contribution in [1.29, 1.82) is 0 Å². The molecular formula is C12H10F2O. The lowest BCUT2D eigenvalue weighted by atomic mass is 10.0. The van der Waals surface area contributed by atoms with E-state index in [0.717, 1.165) is 11.6 Å². The lowest BCUT2D eigenvalue weighted by Crippen LogP contribution is -1.91. The van der Waals surface area contributed by atoms with E-state index < -0.39 is 11.6 Å². The van der Waals surface area contributed by atoms with E-state index in [1.165, 1.54) is 12.1 Å². The molecule has 0 atom stereocenters.